The van der Waals surface area contributed by atoms with Crippen molar-refractivity contribution < 1.29 is 19.1 Å². The number of anilines is 1. The molecule has 3 rings (SSSR count). The third kappa shape index (κ3) is 2.04. The van der Waals surface area contributed by atoms with E-state index in [1.54, 1.807) is 32.0 Å². The Balaban J connectivity index is 2.44. The molecule has 0 saturated heterocycles. The van der Waals surface area contributed by atoms with Gasteiger partial charge in [0.15, 0.2) is 5.41 Å². The molecule has 1 aromatic carbocycles. The van der Waals surface area contributed by atoms with E-state index in [0.29, 0.717) is 11.3 Å². The summed E-state index contributed by atoms with van der Waals surface area (Å²) in [5, 5.41) is 12.5. The van der Waals surface area contributed by atoms with E-state index in [9.17, 15) is 14.9 Å². The highest BCUT2D eigenvalue weighted by atomic mass is 16.5. The van der Waals surface area contributed by atoms with Crippen LogP contribution in [0.4, 0.5) is 5.69 Å². The number of ether oxygens (including phenoxy) is 2. The van der Waals surface area contributed by atoms with Gasteiger partial charge in [0.25, 0.3) is 0 Å². The summed E-state index contributed by atoms with van der Waals surface area (Å²) in [6, 6.07) is 7.26. The zero-order valence-electron chi connectivity index (χ0n) is 14.1. The van der Waals surface area contributed by atoms with Crippen LogP contribution in [0.3, 0.4) is 0 Å². The Morgan fingerprint density at radius 3 is 2.80 bits per heavy atom. The first-order chi connectivity index (χ1) is 11.9. The molecule has 7 nitrogen and oxygen atoms in total. The summed E-state index contributed by atoms with van der Waals surface area (Å²) < 4.78 is 10.5. The first-order valence-electron chi connectivity index (χ1n) is 7.77. The highest BCUT2D eigenvalue weighted by Crippen LogP contribution is 2.52. The second kappa shape index (κ2) is 5.67. The molecule has 0 bridgehead atoms. The van der Waals surface area contributed by atoms with Crippen LogP contribution < -0.4 is 11.1 Å². The molecule has 2 aliphatic heterocycles. The lowest BCUT2D eigenvalue weighted by Gasteiger charge is -2.34. The molecule has 1 aromatic rings. The van der Waals surface area contributed by atoms with Gasteiger partial charge in [-0.2, -0.15) is 5.26 Å². The lowest BCUT2D eigenvalue weighted by atomic mass is 9.67. The number of benzene rings is 1. The molecule has 128 valence electrons. The number of hydrogen-bond donors (Lipinski definition) is 2. The predicted octanol–water partition coefficient (Wildman–Crippen LogP) is 1.75. The number of aryl methyl sites for hydroxylation is 1. The van der Waals surface area contributed by atoms with Gasteiger partial charge in [-0.3, -0.25) is 4.79 Å². The molecule has 3 N–H and O–H groups in total. The number of allylic oxidation sites excluding steroid dienone is 1. The van der Waals surface area contributed by atoms with Gasteiger partial charge in [-0.25, -0.2) is 4.79 Å². The molecule has 0 aromatic heterocycles. The van der Waals surface area contributed by atoms with E-state index in [4.69, 9.17) is 15.2 Å². The van der Waals surface area contributed by atoms with Crippen molar-refractivity contribution in [2.75, 3.05) is 11.9 Å². The van der Waals surface area contributed by atoms with Crippen LogP contribution in [0.15, 0.2) is 41.0 Å². The predicted molar refractivity (Wildman–Crippen MR) is 88.7 cm³/mol. The minimum Gasteiger partial charge on any atom is -0.462 e. The summed E-state index contributed by atoms with van der Waals surface area (Å²) in [5.41, 5.74) is 5.89. The Bertz CT molecular complexity index is 907. The van der Waals surface area contributed by atoms with Crippen LogP contribution in [-0.4, -0.2) is 18.5 Å². The zero-order chi connectivity index (χ0) is 18.4. The smallest absolute Gasteiger partial charge is 0.339 e. The first-order valence-corrected chi connectivity index (χ1v) is 7.77. The Labute approximate surface area is 144 Å². The molecule has 0 saturated carbocycles. The minimum atomic E-state index is -1.67. The van der Waals surface area contributed by atoms with Crippen molar-refractivity contribution in [1.82, 2.24) is 0 Å². The van der Waals surface area contributed by atoms with E-state index in [1.165, 1.54) is 6.92 Å². The van der Waals surface area contributed by atoms with Gasteiger partial charge < -0.3 is 20.5 Å². The van der Waals surface area contributed by atoms with E-state index in [-0.39, 0.29) is 29.4 Å². The van der Waals surface area contributed by atoms with Gasteiger partial charge in [0.05, 0.1) is 6.61 Å². The molecular formula is C18H17N3O4. The third-order valence-electron chi connectivity index (χ3n) is 4.44. The van der Waals surface area contributed by atoms with Crippen LogP contribution in [0.5, 0.6) is 0 Å². The number of esters is 1. The Kier molecular flexibility index (Phi) is 3.76. The topological polar surface area (TPSA) is 114 Å². The molecule has 25 heavy (non-hydrogen) atoms. The maximum absolute atomic E-state index is 13.1. The van der Waals surface area contributed by atoms with Crippen LogP contribution >= 0.6 is 0 Å². The van der Waals surface area contributed by atoms with Gasteiger partial charge in [0.2, 0.25) is 11.8 Å². The van der Waals surface area contributed by atoms with Crippen LogP contribution in [0.25, 0.3) is 0 Å². The number of amides is 1. The number of carbonyl (C=O) groups is 2. The van der Waals surface area contributed by atoms with Gasteiger partial charge in [0.1, 0.15) is 23.0 Å². The van der Waals surface area contributed by atoms with Gasteiger partial charge in [-0.05, 0) is 32.4 Å². The highest BCUT2D eigenvalue weighted by molar-refractivity contribution is 6.17. The van der Waals surface area contributed by atoms with E-state index in [2.05, 4.69) is 5.32 Å². The normalized spacial score (nSPS) is 21.6. The Hall–Kier alpha value is -3.27. The molecule has 0 unspecified atom stereocenters. The number of nitrogens with two attached hydrogens (primary N) is 1. The minimum absolute atomic E-state index is 0.0225. The molecule has 0 fully saturated rings. The summed E-state index contributed by atoms with van der Waals surface area (Å²) in [4.78, 5) is 25.8. The van der Waals surface area contributed by atoms with E-state index >= 15 is 0 Å². The van der Waals surface area contributed by atoms with Crippen molar-refractivity contribution in [3.8, 4) is 6.07 Å². The van der Waals surface area contributed by atoms with Crippen molar-refractivity contribution in [3.63, 3.8) is 0 Å². The standard InChI is InChI=1S/C18H17N3O4/c1-4-24-16(22)14-10(3)25-15(20)11(8-19)18(14)13-9(2)6-5-7-12(13)21-17(18)23/h5-7H,4,20H2,1-3H3,(H,21,23)/t18-/m1/s1. The lowest BCUT2D eigenvalue weighted by molar-refractivity contribution is -0.140. The van der Waals surface area contributed by atoms with Crippen LogP contribution in [0, 0.1) is 18.3 Å². The molecule has 1 amide bonds. The fourth-order valence-electron chi connectivity index (χ4n) is 3.56. The molecule has 0 aliphatic carbocycles. The van der Waals surface area contributed by atoms with Crippen LogP contribution in [-0.2, 0) is 24.5 Å². The van der Waals surface area contributed by atoms with Crippen molar-refractivity contribution >= 4 is 17.6 Å². The van der Waals surface area contributed by atoms with Crippen molar-refractivity contribution in [1.29, 1.82) is 5.26 Å². The van der Waals surface area contributed by atoms with Crippen molar-refractivity contribution in [2.24, 2.45) is 5.73 Å². The molecule has 2 heterocycles. The molecule has 0 radical (unpaired) electrons. The molecule has 1 atom stereocenters. The van der Waals surface area contributed by atoms with E-state index in [0.717, 1.165) is 5.56 Å². The second-order valence-corrected chi connectivity index (χ2v) is 5.81. The summed E-state index contributed by atoms with van der Waals surface area (Å²) in [6.07, 6.45) is 0. The molecular weight excluding hydrogens is 322 g/mol. The highest BCUT2D eigenvalue weighted by Gasteiger charge is 2.60. The Morgan fingerprint density at radius 1 is 1.44 bits per heavy atom. The molecule has 2 aliphatic rings. The summed E-state index contributed by atoms with van der Waals surface area (Å²) in [7, 11) is 0. The summed E-state index contributed by atoms with van der Waals surface area (Å²) in [5.74, 6) is -1.30. The van der Waals surface area contributed by atoms with Gasteiger partial charge in [0, 0.05) is 11.3 Å². The molecule has 7 heteroatoms. The summed E-state index contributed by atoms with van der Waals surface area (Å²) in [6.45, 7) is 5.11. The number of rotatable bonds is 2. The van der Waals surface area contributed by atoms with Crippen molar-refractivity contribution in [3.05, 3.63) is 52.1 Å². The monoisotopic (exact) mass is 339 g/mol. The summed E-state index contributed by atoms with van der Waals surface area (Å²) >= 11 is 0. The van der Waals surface area contributed by atoms with Gasteiger partial charge in [-0.15, -0.1) is 0 Å². The molecule has 1 spiro atoms. The third-order valence-corrected chi connectivity index (χ3v) is 4.44. The van der Waals surface area contributed by atoms with E-state index < -0.39 is 17.3 Å². The van der Waals surface area contributed by atoms with E-state index in [1.807, 2.05) is 6.07 Å². The average molecular weight is 339 g/mol. The SMILES string of the molecule is CCOC(=O)C1=C(C)OC(N)=C(C#N)[C@]12C(=O)Nc1cccc(C)c12. The average Bonchev–Trinajstić information content (AvgIpc) is 2.82. The largest absolute Gasteiger partial charge is 0.462 e. The van der Waals surface area contributed by atoms with Crippen LogP contribution in [0.2, 0.25) is 0 Å². The van der Waals surface area contributed by atoms with Gasteiger partial charge >= 0.3 is 5.97 Å². The second-order valence-electron chi connectivity index (χ2n) is 5.81. The zero-order valence-corrected chi connectivity index (χ0v) is 14.1. The number of fused-ring (bicyclic) bond motifs is 2. The number of nitriles is 1. The lowest BCUT2D eigenvalue weighted by Crippen LogP contribution is -2.46. The fourth-order valence-corrected chi connectivity index (χ4v) is 3.56. The van der Waals surface area contributed by atoms with Crippen molar-refractivity contribution in [2.45, 2.75) is 26.2 Å². The maximum Gasteiger partial charge on any atom is 0.339 e. The number of nitrogens with one attached hydrogen (secondary N) is 1. The van der Waals surface area contributed by atoms with Crippen LogP contribution in [0.1, 0.15) is 25.0 Å². The first kappa shape index (κ1) is 16.6. The number of nitrogens with zero attached hydrogens (tertiary/aromatic N) is 1. The van der Waals surface area contributed by atoms with Gasteiger partial charge in [-0.1, -0.05) is 12.1 Å². The Morgan fingerprint density at radius 2 is 2.16 bits per heavy atom. The fraction of sp³-hybridized carbons (Fsp3) is 0.278. The maximum atomic E-state index is 13.1. The quantitative estimate of drug-likeness (QED) is 0.793. The number of carbonyl (C=O) groups excluding carboxylic acids is 2. The number of hydrogen-bond acceptors (Lipinski definition) is 6.